The molecule has 52 valence electrons. The Hall–Kier alpha value is 0. The second-order valence-electron chi connectivity index (χ2n) is 4.18. The smallest absolute Gasteiger partial charge is 0.0383 e. The van der Waals surface area contributed by atoms with Gasteiger partial charge in [-0.2, -0.15) is 0 Å². The standard InChI is InChI=1S/C9H16/c1-6-3-7(2)9-4-8(6)5-9/h6-9H,3-5H2,1-2H3. The average molecular weight is 124 g/mol. The normalized spacial score (nSPS) is 56.7. The number of hydrogen-bond donors (Lipinski definition) is 0. The van der Waals surface area contributed by atoms with E-state index < -0.39 is 0 Å². The molecule has 3 aliphatic rings. The number of hydrogen-bond acceptors (Lipinski definition) is 0. The first kappa shape index (κ1) is 5.76. The third-order valence-corrected chi connectivity index (χ3v) is 3.56. The first-order valence-electron chi connectivity index (χ1n) is 4.27. The van der Waals surface area contributed by atoms with E-state index in [1.807, 2.05) is 0 Å². The molecule has 9 heavy (non-hydrogen) atoms. The Kier molecular flexibility index (Phi) is 1.12. The lowest BCUT2D eigenvalue weighted by atomic mass is 9.56. The van der Waals surface area contributed by atoms with Gasteiger partial charge >= 0.3 is 0 Å². The van der Waals surface area contributed by atoms with Crippen LogP contribution in [0.1, 0.15) is 33.1 Å². The lowest BCUT2D eigenvalue weighted by Gasteiger charge is -2.49. The van der Waals surface area contributed by atoms with E-state index in [9.17, 15) is 0 Å². The quantitative estimate of drug-likeness (QED) is 0.465. The van der Waals surface area contributed by atoms with Crippen LogP contribution in [0.4, 0.5) is 0 Å². The van der Waals surface area contributed by atoms with Crippen molar-refractivity contribution < 1.29 is 0 Å². The van der Waals surface area contributed by atoms with Gasteiger partial charge in [0, 0.05) is 0 Å². The van der Waals surface area contributed by atoms with Crippen LogP contribution >= 0.6 is 0 Å². The van der Waals surface area contributed by atoms with Crippen LogP contribution in [0.5, 0.6) is 0 Å². The van der Waals surface area contributed by atoms with Crippen LogP contribution in [0, 0.1) is 23.7 Å². The van der Waals surface area contributed by atoms with E-state index in [1.54, 1.807) is 12.8 Å². The summed E-state index contributed by atoms with van der Waals surface area (Å²) in [4.78, 5) is 0. The summed E-state index contributed by atoms with van der Waals surface area (Å²) in [5.74, 6) is 4.35. The Bertz CT molecular complexity index is 99.2. The zero-order valence-electron chi connectivity index (χ0n) is 6.43. The third kappa shape index (κ3) is 0.720. The Labute approximate surface area is 57.6 Å². The van der Waals surface area contributed by atoms with Crippen LogP contribution in [0.25, 0.3) is 0 Å². The predicted molar refractivity (Wildman–Crippen MR) is 39.2 cm³/mol. The highest BCUT2D eigenvalue weighted by atomic mass is 14.5. The molecular formula is C9H16. The highest BCUT2D eigenvalue weighted by Crippen LogP contribution is 2.51. The number of fused-ring (bicyclic) bond motifs is 2. The maximum Gasteiger partial charge on any atom is -0.0383 e. The van der Waals surface area contributed by atoms with Gasteiger partial charge in [0.15, 0.2) is 0 Å². The minimum atomic E-state index is 1.05. The van der Waals surface area contributed by atoms with Crippen molar-refractivity contribution in [1.82, 2.24) is 0 Å². The molecule has 0 aromatic rings. The molecule has 0 N–H and O–H groups in total. The molecule has 2 bridgehead atoms. The molecule has 0 nitrogen and oxygen atoms in total. The molecular weight excluding hydrogens is 108 g/mol. The second-order valence-corrected chi connectivity index (χ2v) is 4.18. The summed E-state index contributed by atoms with van der Waals surface area (Å²) >= 11 is 0. The Morgan fingerprint density at radius 2 is 1.22 bits per heavy atom. The van der Waals surface area contributed by atoms with Crippen LogP contribution in [0.15, 0.2) is 0 Å². The van der Waals surface area contributed by atoms with Crippen molar-refractivity contribution in [3.63, 3.8) is 0 Å². The number of rotatable bonds is 0. The highest BCUT2D eigenvalue weighted by molar-refractivity contribution is 4.91. The molecule has 2 unspecified atom stereocenters. The zero-order chi connectivity index (χ0) is 6.43. The molecule has 0 heterocycles. The van der Waals surface area contributed by atoms with Crippen LogP contribution in [0.3, 0.4) is 0 Å². The topological polar surface area (TPSA) is 0 Å². The molecule has 0 heteroatoms. The van der Waals surface area contributed by atoms with E-state index in [-0.39, 0.29) is 0 Å². The molecule has 3 fully saturated rings. The largest absolute Gasteiger partial charge is 0.0622 e. The van der Waals surface area contributed by atoms with Crippen molar-refractivity contribution in [2.24, 2.45) is 23.7 Å². The molecule has 0 radical (unpaired) electrons. The van der Waals surface area contributed by atoms with Gasteiger partial charge in [-0.3, -0.25) is 0 Å². The van der Waals surface area contributed by atoms with Gasteiger partial charge in [0.1, 0.15) is 0 Å². The molecule has 0 aromatic carbocycles. The Morgan fingerprint density at radius 1 is 0.778 bits per heavy atom. The van der Waals surface area contributed by atoms with Crippen molar-refractivity contribution in [1.29, 1.82) is 0 Å². The van der Waals surface area contributed by atoms with E-state index in [0.29, 0.717) is 0 Å². The molecule has 0 spiro atoms. The molecule has 3 aliphatic carbocycles. The Morgan fingerprint density at radius 3 is 1.44 bits per heavy atom. The van der Waals surface area contributed by atoms with Gasteiger partial charge < -0.3 is 0 Å². The Balaban J connectivity index is 2.04. The fourth-order valence-electron chi connectivity index (χ4n) is 2.61. The van der Waals surface area contributed by atoms with Gasteiger partial charge in [0.25, 0.3) is 0 Å². The van der Waals surface area contributed by atoms with E-state index in [4.69, 9.17) is 0 Å². The van der Waals surface area contributed by atoms with Crippen LogP contribution in [-0.4, -0.2) is 0 Å². The zero-order valence-corrected chi connectivity index (χ0v) is 6.43. The predicted octanol–water partition coefficient (Wildman–Crippen LogP) is 2.69. The summed E-state index contributed by atoms with van der Waals surface area (Å²) in [7, 11) is 0. The van der Waals surface area contributed by atoms with Gasteiger partial charge in [-0.05, 0) is 42.9 Å². The van der Waals surface area contributed by atoms with Crippen LogP contribution in [-0.2, 0) is 0 Å². The lowest BCUT2D eigenvalue weighted by Crippen LogP contribution is -2.40. The van der Waals surface area contributed by atoms with E-state index in [0.717, 1.165) is 23.7 Å². The fourth-order valence-corrected chi connectivity index (χ4v) is 2.61. The van der Waals surface area contributed by atoms with Crippen LogP contribution in [0.2, 0.25) is 0 Å². The molecule has 0 amide bonds. The van der Waals surface area contributed by atoms with Crippen LogP contribution < -0.4 is 0 Å². The summed E-state index contributed by atoms with van der Waals surface area (Å²) in [6.45, 7) is 4.85. The molecule has 3 saturated carbocycles. The molecule has 0 saturated heterocycles. The third-order valence-electron chi connectivity index (χ3n) is 3.56. The van der Waals surface area contributed by atoms with Crippen molar-refractivity contribution in [3.8, 4) is 0 Å². The van der Waals surface area contributed by atoms with Crippen molar-refractivity contribution in [2.45, 2.75) is 33.1 Å². The van der Waals surface area contributed by atoms with Gasteiger partial charge in [-0.1, -0.05) is 13.8 Å². The van der Waals surface area contributed by atoms with Gasteiger partial charge in [0.2, 0.25) is 0 Å². The van der Waals surface area contributed by atoms with Gasteiger partial charge in [-0.25, -0.2) is 0 Å². The monoisotopic (exact) mass is 124 g/mol. The fraction of sp³-hybridized carbons (Fsp3) is 1.00. The van der Waals surface area contributed by atoms with E-state index in [2.05, 4.69) is 13.8 Å². The average Bonchev–Trinajstić information content (AvgIpc) is 1.57. The molecule has 0 aliphatic heterocycles. The summed E-state index contributed by atoms with van der Waals surface area (Å²) in [5, 5.41) is 0. The second kappa shape index (κ2) is 1.74. The maximum atomic E-state index is 2.43. The van der Waals surface area contributed by atoms with Gasteiger partial charge in [0.05, 0.1) is 0 Å². The maximum absolute atomic E-state index is 2.43. The summed E-state index contributed by atoms with van der Waals surface area (Å²) < 4.78 is 0. The minimum absolute atomic E-state index is 1.05. The van der Waals surface area contributed by atoms with E-state index >= 15 is 0 Å². The summed E-state index contributed by atoms with van der Waals surface area (Å²) in [6.07, 6.45) is 4.62. The lowest BCUT2D eigenvalue weighted by molar-refractivity contribution is 0.0109. The highest BCUT2D eigenvalue weighted by Gasteiger charge is 2.41. The molecule has 0 aromatic heterocycles. The SMILES string of the molecule is CC1CC(C)C2CC1C2. The van der Waals surface area contributed by atoms with Crippen molar-refractivity contribution in [3.05, 3.63) is 0 Å². The summed E-state index contributed by atoms with van der Waals surface area (Å²) in [6, 6.07) is 0. The first-order chi connectivity index (χ1) is 4.27. The van der Waals surface area contributed by atoms with Gasteiger partial charge in [-0.15, -0.1) is 0 Å². The molecule has 2 atom stereocenters. The first-order valence-corrected chi connectivity index (χ1v) is 4.27. The molecule has 3 rings (SSSR count). The minimum Gasteiger partial charge on any atom is -0.0622 e. The van der Waals surface area contributed by atoms with Crippen molar-refractivity contribution in [2.75, 3.05) is 0 Å². The van der Waals surface area contributed by atoms with Crippen molar-refractivity contribution >= 4 is 0 Å². The summed E-state index contributed by atoms with van der Waals surface area (Å²) in [5.41, 5.74) is 0. The van der Waals surface area contributed by atoms with E-state index in [1.165, 1.54) is 6.42 Å².